The number of nitrogens with zero attached hydrogens (tertiary/aromatic N) is 3. The summed E-state index contributed by atoms with van der Waals surface area (Å²) in [5, 5.41) is 0. The van der Waals surface area contributed by atoms with E-state index in [0.717, 1.165) is 49.2 Å². The van der Waals surface area contributed by atoms with Crippen LogP contribution in [-0.4, -0.2) is 41.5 Å². The van der Waals surface area contributed by atoms with Crippen molar-refractivity contribution in [2.24, 2.45) is 5.92 Å². The van der Waals surface area contributed by atoms with Crippen molar-refractivity contribution < 1.29 is 12.8 Å². The molecule has 1 aliphatic heterocycles. The highest BCUT2D eigenvalue weighted by Gasteiger charge is 2.33. The highest BCUT2D eigenvalue weighted by molar-refractivity contribution is 7.89. The summed E-state index contributed by atoms with van der Waals surface area (Å²) in [5.74, 6) is 1.27. The van der Waals surface area contributed by atoms with Crippen LogP contribution in [0.2, 0.25) is 0 Å². The van der Waals surface area contributed by atoms with Crippen LogP contribution in [0.1, 0.15) is 43.8 Å². The molecule has 2 heterocycles. The van der Waals surface area contributed by atoms with Crippen LogP contribution in [-0.2, 0) is 10.0 Å². The Bertz CT molecular complexity index is 890. The molecule has 1 aromatic carbocycles. The van der Waals surface area contributed by atoms with Crippen molar-refractivity contribution in [3.05, 3.63) is 48.2 Å². The van der Waals surface area contributed by atoms with Crippen LogP contribution < -0.4 is 0 Å². The van der Waals surface area contributed by atoms with E-state index in [1.807, 2.05) is 6.07 Å². The van der Waals surface area contributed by atoms with Gasteiger partial charge in [0.05, 0.1) is 11.4 Å². The summed E-state index contributed by atoms with van der Waals surface area (Å²) in [6, 6.07) is 8.06. The molecule has 2 fully saturated rings. The molecule has 1 saturated heterocycles. The number of hydrogen-bond acceptors (Lipinski definition) is 4. The molecule has 0 atom stereocenters. The second-order valence-corrected chi connectivity index (χ2v) is 9.57. The number of benzene rings is 1. The van der Waals surface area contributed by atoms with Gasteiger partial charge in [0.25, 0.3) is 0 Å². The van der Waals surface area contributed by atoms with E-state index in [4.69, 9.17) is 0 Å². The van der Waals surface area contributed by atoms with E-state index >= 15 is 0 Å². The van der Waals surface area contributed by atoms with E-state index < -0.39 is 10.0 Å². The fourth-order valence-corrected chi connectivity index (χ4v) is 5.71. The van der Waals surface area contributed by atoms with E-state index in [1.165, 1.54) is 12.1 Å². The first-order valence-electron chi connectivity index (χ1n) is 9.58. The highest BCUT2D eigenvalue weighted by Crippen LogP contribution is 2.32. The maximum absolute atomic E-state index is 13.1. The van der Waals surface area contributed by atoms with Crippen molar-refractivity contribution in [3.63, 3.8) is 0 Å². The number of aromatic nitrogens is 2. The second kappa shape index (κ2) is 7.64. The minimum absolute atomic E-state index is 0.153. The number of halogens is 1. The van der Waals surface area contributed by atoms with Gasteiger partial charge in [0, 0.05) is 30.8 Å². The predicted molar refractivity (Wildman–Crippen MR) is 102 cm³/mol. The number of piperidine rings is 1. The Kier molecular flexibility index (Phi) is 5.23. The monoisotopic (exact) mass is 389 g/mol. The zero-order valence-corrected chi connectivity index (χ0v) is 16.0. The highest BCUT2D eigenvalue weighted by atomic mass is 32.2. The molecule has 0 radical (unpaired) electrons. The van der Waals surface area contributed by atoms with Crippen LogP contribution in [0.25, 0.3) is 11.3 Å². The van der Waals surface area contributed by atoms with E-state index in [-0.39, 0.29) is 11.7 Å². The SMILES string of the molecule is O=S(=O)(CC1CCC1)N1CCC(c2nccc(-c3ccc(F)cc3)n2)CC1. The van der Waals surface area contributed by atoms with Gasteiger partial charge < -0.3 is 0 Å². The van der Waals surface area contributed by atoms with E-state index in [2.05, 4.69) is 9.97 Å². The maximum atomic E-state index is 13.1. The molecule has 0 unspecified atom stereocenters. The van der Waals surface area contributed by atoms with E-state index in [9.17, 15) is 12.8 Å². The second-order valence-electron chi connectivity index (χ2n) is 7.56. The first kappa shape index (κ1) is 18.5. The first-order valence-corrected chi connectivity index (χ1v) is 11.2. The van der Waals surface area contributed by atoms with Crippen LogP contribution in [0.3, 0.4) is 0 Å². The average molecular weight is 389 g/mol. The molecule has 2 aliphatic rings. The van der Waals surface area contributed by atoms with Gasteiger partial charge in [0.2, 0.25) is 10.0 Å². The maximum Gasteiger partial charge on any atom is 0.214 e. The lowest BCUT2D eigenvalue weighted by Gasteiger charge is -2.33. The van der Waals surface area contributed by atoms with Gasteiger partial charge in [-0.25, -0.2) is 27.1 Å². The predicted octanol–water partition coefficient (Wildman–Crippen LogP) is 3.59. The molecule has 4 rings (SSSR count). The molecule has 1 aliphatic carbocycles. The van der Waals surface area contributed by atoms with Crippen molar-refractivity contribution in [3.8, 4) is 11.3 Å². The third-order valence-corrected chi connectivity index (χ3v) is 7.74. The van der Waals surface area contributed by atoms with Gasteiger partial charge in [0.15, 0.2) is 0 Å². The largest absolute Gasteiger partial charge is 0.241 e. The van der Waals surface area contributed by atoms with Crippen LogP contribution >= 0.6 is 0 Å². The molecule has 0 bridgehead atoms. The smallest absolute Gasteiger partial charge is 0.214 e. The van der Waals surface area contributed by atoms with Gasteiger partial charge >= 0.3 is 0 Å². The van der Waals surface area contributed by atoms with Crippen molar-refractivity contribution in [2.75, 3.05) is 18.8 Å². The summed E-state index contributed by atoms with van der Waals surface area (Å²) in [6.07, 6.45) is 6.43. The topological polar surface area (TPSA) is 63.2 Å². The van der Waals surface area contributed by atoms with Gasteiger partial charge in [-0.15, -0.1) is 0 Å². The number of hydrogen-bond donors (Lipinski definition) is 0. The molecule has 7 heteroatoms. The molecular formula is C20H24FN3O2S. The Morgan fingerprint density at radius 2 is 1.74 bits per heavy atom. The molecular weight excluding hydrogens is 365 g/mol. The summed E-state index contributed by atoms with van der Waals surface area (Å²) in [6.45, 7) is 1.06. The quantitative estimate of drug-likeness (QED) is 0.784. The Balaban J connectivity index is 1.42. The Morgan fingerprint density at radius 1 is 1.04 bits per heavy atom. The Labute approximate surface area is 159 Å². The summed E-state index contributed by atoms with van der Waals surface area (Å²) < 4.78 is 39.9. The lowest BCUT2D eigenvalue weighted by Crippen LogP contribution is -2.41. The van der Waals surface area contributed by atoms with E-state index in [0.29, 0.717) is 24.8 Å². The summed E-state index contributed by atoms with van der Waals surface area (Å²) in [4.78, 5) is 9.06. The standard InChI is InChI=1S/C20H24FN3O2S/c21-18-6-4-16(5-7-18)19-8-11-22-20(23-19)17-9-12-24(13-10-17)27(25,26)14-15-2-1-3-15/h4-8,11,15,17H,1-3,9-10,12-14H2. The van der Waals surface area contributed by atoms with Crippen LogP contribution in [0.5, 0.6) is 0 Å². The van der Waals surface area contributed by atoms with Crippen molar-refractivity contribution >= 4 is 10.0 Å². The normalized spacial score (nSPS) is 19.7. The molecule has 1 aromatic heterocycles. The zero-order valence-electron chi connectivity index (χ0n) is 15.2. The molecule has 2 aromatic rings. The van der Waals surface area contributed by atoms with Crippen molar-refractivity contribution in [1.82, 2.24) is 14.3 Å². The lowest BCUT2D eigenvalue weighted by molar-refractivity contribution is 0.299. The Hall–Kier alpha value is -1.86. The summed E-state index contributed by atoms with van der Waals surface area (Å²) in [5.41, 5.74) is 1.61. The average Bonchev–Trinajstić information content (AvgIpc) is 2.66. The first-order chi connectivity index (χ1) is 13.0. The van der Waals surface area contributed by atoms with Gasteiger partial charge in [-0.2, -0.15) is 0 Å². The van der Waals surface area contributed by atoms with E-state index in [1.54, 1.807) is 22.6 Å². The third kappa shape index (κ3) is 4.19. The number of sulfonamides is 1. The molecule has 0 amide bonds. The van der Waals surface area contributed by atoms with Crippen LogP contribution in [0.4, 0.5) is 4.39 Å². The summed E-state index contributed by atoms with van der Waals surface area (Å²) >= 11 is 0. The molecule has 144 valence electrons. The zero-order chi connectivity index (χ0) is 18.9. The van der Waals surface area contributed by atoms with Crippen LogP contribution in [0.15, 0.2) is 36.5 Å². The minimum atomic E-state index is -3.15. The van der Waals surface area contributed by atoms with Gasteiger partial charge in [-0.1, -0.05) is 6.42 Å². The molecule has 1 saturated carbocycles. The van der Waals surface area contributed by atoms with Gasteiger partial charge in [-0.05, 0) is 61.9 Å². The van der Waals surface area contributed by atoms with Gasteiger partial charge in [0.1, 0.15) is 11.6 Å². The minimum Gasteiger partial charge on any atom is -0.241 e. The fraction of sp³-hybridized carbons (Fsp3) is 0.500. The lowest BCUT2D eigenvalue weighted by atomic mass is 9.87. The Morgan fingerprint density at radius 3 is 2.37 bits per heavy atom. The van der Waals surface area contributed by atoms with Gasteiger partial charge in [-0.3, -0.25) is 0 Å². The molecule has 0 N–H and O–H groups in total. The third-order valence-electron chi connectivity index (χ3n) is 5.70. The fourth-order valence-electron chi connectivity index (χ4n) is 3.81. The van der Waals surface area contributed by atoms with Crippen LogP contribution in [0, 0.1) is 11.7 Å². The molecule has 5 nitrogen and oxygen atoms in total. The number of rotatable bonds is 5. The molecule has 0 spiro atoms. The van der Waals surface area contributed by atoms with Crippen molar-refractivity contribution in [1.29, 1.82) is 0 Å². The molecule has 27 heavy (non-hydrogen) atoms. The van der Waals surface area contributed by atoms with Crippen molar-refractivity contribution in [2.45, 2.75) is 38.0 Å². The summed E-state index contributed by atoms with van der Waals surface area (Å²) in [7, 11) is -3.15.